The summed E-state index contributed by atoms with van der Waals surface area (Å²) in [6.45, 7) is 8.16. The van der Waals surface area contributed by atoms with Gasteiger partial charge in [0.25, 0.3) is 0 Å². The van der Waals surface area contributed by atoms with Gasteiger partial charge in [-0.15, -0.1) is 0 Å². The number of hydrogen-bond acceptors (Lipinski definition) is 5. The summed E-state index contributed by atoms with van der Waals surface area (Å²) in [6, 6.07) is 11.2. The van der Waals surface area contributed by atoms with E-state index in [-0.39, 0.29) is 11.9 Å². The predicted octanol–water partition coefficient (Wildman–Crippen LogP) is 2.80. The minimum atomic E-state index is -0.0702. The van der Waals surface area contributed by atoms with Gasteiger partial charge in [-0.05, 0) is 50.3 Å². The van der Waals surface area contributed by atoms with Gasteiger partial charge in [0.15, 0.2) is 17.3 Å². The molecular formula is C25H32NO5+. The van der Waals surface area contributed by atoms with E-state index in [0.29, 0.717) is 17.1 Å². The first-order valence-corrected chi connectivity index (χ1v) is 10.7. The largest absolute Gasteiger partial charge is 0.496 e. The summed E-state index contributed by atoms with van der Waals surface area (Å²) in [5.74, 6) is 2.01. The quantitative estimate of drug-likeness (QED) is 0.494. The van der Waals surface area contributed by atoms with E-state index in [9.17, 15) is 4.79 Å². The van der Waals surface area contributed by atoms with Crippen molar-refractivity contribution in [1.29, 1.82) is 0 Å². The monoisotopic (exact) mass is 426 g/mol. The van der Waals surface area contributed by atoms with E-state index in [1.807, 2.05) is 44.2 Å². The molecule has 0 bridgehead atoms. The van der Waals surface area contributed by atoms with Crippen LogP contribution in [0.5, 0.6) is 17.2 Å². The normalized spacial score (nSPS) is 14.7. The number of ketones is 1. The van der Waals surface area contributed by atoms with E-state index in [1.54, 1.807) is 32.4 Å². The Bertz CT molecular complexity index is 916. The molecule has 6 heteroatoms. The SMILES string of the molecule is COc1ccc(C(=O)/C=C/c2cccc(OC)c2OC(C)C)cc1C[NH+]1CCOCC1. The molecule has 1 aliphatic heterocycles. The van der Waals surface area contributed by atoms with Gasteiger partial charge in [0.2, 0.25) is 0 Å². The van der Waals surface area contributed by atoms with Crippen LogP contribution in [0, 0.1) is 0 Å². The Morgan fingerprint density at radius 3 is 2.52 bits per heavy atom. The molecule has 31 heavy (non-hydrogen) atoms. The zero-order valence-corrected chi connectivity index (χ0v) is 18.8. The van der Waals surface area contributed by atoms with Gasteiger partial charge in [0.1, 0.15) is 25.4 Å². The molecule has 1 heterocycles. The van der Waals surface area contributed by atoms with E-state index in [2.05, 4.69) is 0 Å². The molecule has 0 aromatic heterocycles. The van der Waals surface area contributed by atoms with Crippen molar-refractivity contribution in [1.82, 2.24) is 0 Å². The van der Waals surface area contributed by atoms with Crippen LogP contribution in [-0.2, 0) is 11.3 Å². The lowest BCUT2D eigenvalue weighted by atomic mass is 10.0. The Balaban J connectivity index is 1.81. The second kappa shape index (κ2) is 11.0. The van der Waals surface area contributed by atoms with Crippen LogP contribution < -0.4 is 19.1 Å². The summed E-state index contributed by atoms with van der Waals surface area (Å²) in [4.78, 5) is 14.4. The molecule has 0 atom stereocenters. The van der Waals surface area contributed by atoms with Crippen LogP contribution in [0.1, 0.15) is 35.3 Å². The van der Waals surface area contributed by atoms with Gasteiger partial charge < -0.3 is 23.8 Å². The first-order chi connectivity index (χ1) is 15.0. The van der Waals surface area contributed by atoms with Crippen LogP contribution in [0.4, 0.5) is 0 Å². The molecule has 0 aliphatic carbocycles. The first kappa shape index (κ1) is 22.8. The molecule has 0 saturated carbocycles. The summed E-state index contributed by atoms with van der Waals surface area (Å²) in [7, 11) is 3.27. The number of rotatable bonds is 9. The second-order valence-electron chi connectivity index (χ2n) is 7.81. The number of methoxy groups -OCH3 is 2. The fraction of sp³-hybridized carbons (Fsp3) is 0.400. The van der Waals surface area contributed by atoms with Crippen molar-refractivity contribution in [3.05, 3.63) is 59.2 Å². The number of ether oxygens (including phenoxy) is 4. The van der Waals surface area contributed by atoms with Crippen LogP contribution in [0.2, 0.25) is 0 Å². The van der Waals surface area contributed by atoms with Gasteiger partial charge in [0.05, 0.1) is 33.5 Å². The highest BCUT2D eigenvalue weighted by Crippen LogP contribution is 2.33. The molecule has 2 aromatic rings. The topological polar surface area (TPSA) is 58.4 Å². The third-order valence-electron chi connectivity index (χ3n) is 5.20. The molecule has 6 nitrogen and oxygen atoms in total. The molecule has 166 valence electrons. The minimum Gasteiger partial charge on any atom is -0.496 e. The number of para-hydroxylation sites is 1. The van der Waals surface area contributed by atoms with Gasteiger partial charge in [-0.1, -0.05) is 12.1 Å². The van der Waals surface area contributed by atoms with E-state index in [4.69, 9.17) is 18.9 Å². The molecule has 0 radical (unpaired) electrons. The molecule has 3 rings (SSSR count). The molecule has 1 N–H and O–H groups in total. The lowest BCUT2D eigenvalue weighted by Gasteiger charge is -2.24. The van der Waals surface area contributed by atoms with Gasteiger partial charge >= 0.3 is 0 Å². The predicted molar refractivity (Wildman–Crippen MR) is 120 cm³/mol. The average molecular weight is 427 g/mol. The highest BCUT2D eigenvalue weighted by molar-refractivity contribution is 6.07. The van der Waals surface area contributed by atoms with Crippen molar-refractivity contribution in [3.63, 3.8) is 0 Å². The Hall–Kier alpha value is -2.83. The van der Waals surface area contributed by atoms with E-state index in [0.717, 1.165) is 49.7 Å². The number of morpholine rings is 1. The highest BCUT2D eigenvalue weighted by atomic mass is 16.5. The van der Waals surface area contributed by atoms with Crippen molar-refractivity contribution in [2.75, 3.05) is 40.5 Å². The zero-order chi connectivity index (χ0) is 22.2. The summed E-state index contributed by atoms with van der Waals surface area (Å²) < 4.78 is 22.3. The number of carbonyl (C=O) groups is 1. The number of carbonyl (C=O) groups excluding carboxylic acids is 1. The number of benzene rings is 2. The summed E-state index contributed by atoms with van der Waals surface area (Å²) in [5, 5.41) is 0. The van der Waals surface area contributed by atoms with Gasteiger partial charge in [0, 0.05) is 16.7 Å². The third-order valence-corrected chi connectivity index (χ3v) is 5.20. The Morgan fingerprint density at radius 2 is 1.84 bits per heavy atom. The molecule has 2 aromatic carbocycles. The maximum Gasteiger partial charge on any atom is 0.185 e. The fourth-order valence-electron chi connectivity index (χ4n) is 3.62. The van der Waals surface area contributed by atoms with Crippen LogP contribution in [-0.4, -0.2) is 52.4 Å². The molecule has 1 fully saturated rings. The first-order valence-electron chi connectivity index (χ1n) is 10.7. The van der Waals surface area contributed by atoms with Gasteiger partial charge in [-0.25, -0.2) is 0 Å². The number of allylic oxidation sites excluding steroid dienone is 1. The van der Waals surface area contributed by atoms with E-state index < -0.39 is 0 Å². The minimum absolute atomic E-state index is 0.00835. The Morgan fingerprint density at radius 1 is 1.10 bits per heavy atom. The zero-order valence-electron chi connectivity index (χ0n) is 18.8. The summed E-state index contributed by atoms with van der Waals surface area (Å²) in [5.41, 5.74) is 2.46. The lowest BCUT2D eigenvalue weighted by molar-refractivity contribution is -0.921. The Labute approximate surface area is 184 Å². The molecule has 1 aliphatic rings. The molecule has 0 spiro atoms. The summed E-state index contributed by atoms with van der Waals surface area (Å²) in [6.07, 6.45) is 3.35. The van der Waals surface area contributed by atoms with Crippen LogP contribution in [0.3, 0.4) is 0 Å². The second-order valence-corrected chi connectivity index (χ2v) is 7.81. The molecular weight excluding hydrogens is 394 g/mol. The highest BCUT2D eigenvalue weighted by Gasteiger charge is 2.18. The number of hydrogen-bond donors (Lipinski definition) is 1. The van der Waals surface area contributed by atoms with Crippen LogP contribution >= 0.6 is 0 Å². The average Bonchev–Trinajstić information content (AvgIpc) is 2.78. The molecule has 1 saturated heterocycles. The third kappa shape index (κ3) is 6.09. The van der Waals surface area contributed by atoms with E-state index >= 15 is 0 Å². The maximum absolute atomic E-state index is 12.9. The van der Waals surface area contributed by atoms with Crippen molar-refractivity contribution in [2.24, 2.45) is 0 Å². The van der Waals surface area contributed by atoms with Crippen LogP contribution in [0.25, 0.3) is 6.08 Å². The standard InChI is InChI=1S/C25H31NO5/c1-18(2)31-25-19(6-5-7-24(25)29-4)8-10-22(27)20-9-11-23(28-3)21(16-20)17-26-12-14-30-15-13-26/h5-11,16,18H,12-15,17H2,1-4H3/p+1/b10-8+. The van der Waals surface area contributed by atoms with Crippen molar-refractivity contribution < 1.29 is 28.6 Å². The number of quaternary nitrogens is 1. The van der Waals surface area contributed by atoms with Gasteiger partial charge in [-0.3, -0.25) is 4.79 Å². The molecule has 0 unspecified atom stereocenters. The lowest BCUT2D eigenvalue weighted by Crippen LogP contribution is -3.12. The summed E-state index contributed by atoms with van der Waals surface area (Å²) >= 11 is 0. The van der Waals surface area contributed by atoms with Crippen molar-refractivity contribution >= 4 is 11.9 Å². The van der Waals surface area contributed by atoms with Crippen molar-refractivity contribution in [2.45, 2.75) is 26.5 Å². The Kier molecular flexibility index (Phi) is 8.09. The maximum atomic E-state index is 12.9. The number of nitrogens with one attached hydrogen (secondary N) is 1. The van der Waals surface area contributed by atoms with Crippen LogP contribution in [0.15, 0.2) is 42.5 Å². The molecule has 0 amide bonds. The van der Waals surface area contributed by atoms with Gasteiger partial charge in [-0.2, -0.15) is 0 Å². The smallest absolute Gasteiger partial charge is 0.185 e. The van der Waals surface area contributed by atoms with Crippen molar-refractivity contribution in [3.8, 4) is 17.2 Å². The fourth-order valence-corrected chi connectivity index (χ4v) is 3.62. The van der Waals surface area contributed by atoms with E-state index in [1.165, 1.54) is 4.90 Å².